The molecule has 0 aliphatic carbocycles. The highest BCUT2D eigenvalue weighted by atomic mass is 16.2. The number of amidine groups is 1. The van der Waals surface area contributed by atoms with E-state index in [4.69, 9.17) is 11.7 Å². The van der Waals surface area contributed by atoms with E-state index in [0.29, 0.717) is 36.7 Å². The predicted octanol–water partition coefficient (Wildman–Crippen LogP) is -0.277. The molecule has 2 amide bonds. The lowest BCUT2D eigenvalue weighted by Gasteiger charge is -2.19. The fourth-order valence-corrected chi connectivity index (χ4v) is 2.40. The Morgan fingerprint density at radius 2 is 2.00 bits per heavy atom. The number of hydrogen-bond donors (Lipinski definition) is 2. The van der Waals surface area contributed by atoms with Crippen molar-refractivity contribution in [2.24, 2.45) is 23.8 Å². The minimum absolute atomic E-state index is 0.172. The van der Waals surface area contributed by atoms with E-state index in [9.17, 15) is 9.59 Å². The number of nitrogens with zero attached hydrogens (tertiary/aromatic N) is 6. The molecule has 0 bridgehead atoms. The summed E-state index contributed by atoms with van der Waals surface area (Å²) in [6, 6.07) is 0. The lowest BCUT2D eigenvalue weighted by molar-refractivity contribution is -0.107. The van der Waals surface area contributed by atoms with Crippen molar-refractivity contribution >= 4 is 24.0 Å². The van der Waals surface area contributed by atoms with Crippen LogP contribution in [0, 0.1) is 0 Å². The predicted molar refractivity (Wildman–Crippen MR) is 96.7 cm³/mol. The largest absolute Gasteiger partial charge is 0.340 e. The number of nitrogens with two attached hydrogens (primary N) is 2. The van der Waals surface area contributed by atoms with Crippen LogP contribution < -0.4 is 16.6 Å². The molecule has 0 radical (unpaired) electrons. The molecular formula is C15H28N8O2. The molecule has 0 saturated carbocycles. The van der Waals surface area contributed by atoms with Gasteiger partial charge in [0.25, 0.3) is 5.91 Å². The van der Waals surface area contributed by atoms with Gasteiger partial charge in [0, 0.05) is 41.2 Å². The molecule has 0 aliphatic heterocycles. The minimum Gasteiger partial charge on any atom is -0.340 e. The van der Waals surface area contributed by atoms with E-state index < -0.39 is 0 Å². The van der Waals surface area contributed by atoms with Gasteiger partial charge in [0.1, 0.15) is 5.84 Å². The molecule has 0 aliphatic rings. The van der Waals surface area contributed by atoms with Crippen molar-refractivity contribution in [2.45, 2.75) is 25.7 Å². The summed E-state index contributed by atoms with van der Waals surface area (Å²) < 4.78 is 1.62. The van der Waals surface area contributed by atoms with Crippen LogP contribution in [-0.4, -0.2) is 65.3 Å². The first kappa shape index (κ1) is 20.4. The highest BCUT2D eigenvalue weighted by molar-refractivity contribution is 5.99. The van der Waals surface area contributed by atoms with Crippen LogP contribution in [0.3, 0.4) is 0 Å². The Morgan fingerprint density at radius 1 is 1.32 bits per heavy atom. The van der Waals surface area contributed by atoms with Crippen LogP contribution in [0.25, 0.3) is 0 Å². The molecule has 0 saturated heterocycles. The van der Waals surface area contributed by atoms with Crippen molar-refractivity contribution in [1.29, 1.82) is 0 Å². The van der Waals surface area contributed by atoms with E-state index in [1.807, 2.05) is 0 Å². The first-order chi connectivity index (χ1) is 11.8. The summed E-state index contributed by atoms with van der Waals surface area (Å²) in [5.41, 5.74) is 0.388. The Balaban J connectivity index is 2.53. The molecule has 0 fully saturated rings. The van der Waals surface area contributed by atoms with E-state index >= 15 is 0 Å². The van der Waals surface area contributed by atoms with Crippen molar-refractivity contribution in [1.82, 2.24) is 19.5 Å². The van der Waals surface area contributed by atoms with E-state index in [1.165, 1.54) is 16.2 Å². The highest BCUT2D eigenvalue weighted by Crippen LogP contribution is 2.17. The number of carbonyl (C=O) groups is 2. The second-order valence-electron chi connectivity index (χ2n) is 5.94. The Morgan fingerprint density at radius 3 is 2.56 bits per heavy atom. The number of aryl methyl sites for hydroxylation is 1. The van der Waals surface area contributed by atoms with Crippen LogP contribution in [0.4, 0.5) is 5.82 Å². The quantitative estimate of drug-likeness (QED) is 0.157. The number of carbonyl (C=O) groups excluding carboxylic acids is 2. The van der Waals surface area contributed by atoms with Crippen LogP contribution >= 0.6 is 0 Å². The van der Waals surface area contributed by atoms with Gasteiger partial charge in [0.2, 0.25) is 6.41 Å². The van der Waals surface area contributed by atoms with Crippen LogP contribution in [0.1, 0.15) is 36.2 Å². The third-order valence-electron chi connectivity index (χ3n) is 3.91. The summed E-state index contributed by atoms with van der Waals surface area (Å²) in [7, 11) is 6.73. The molecule has 1 heterocycles. The number of amides is 2. The number of aromatic nitrogens is 2. The number of rotatable bonds is 9. The molecule has 4 N–H and O–H groups in total. The molecule has 25 heavy (non-hydrogen) atoms. The topological polar surface area (TPSA) is 126 Å². The number of anilines is 1. The third-order valence-corrected chi connectivity index (χ3v) is 3.91. The van der Waals surface area contributed by atoms with Crippen LogP contribution in [0.2, 0.25) is 0 Å². The molecule has 0 unspecified atom stereocenters. The Hall–Kier alpha value is -2.62. The Kier molecular flexibility index (Phi) is 7.86. The maximum Gasteiger partial charge on any atom is 0.274 e. The van der Waals surface area contributed by atoms with Crippen molar-refractivity contribution in [3.63, 3.8) is 0 Å². The summed E-state index contributed by atoms with van der Waals surface area (Å²) in [5, 5.41) is 5.04. The molecule has 1 aromatic heterocycles. The second kappa shape index (κ2) is 9.62. The number of hydrogen-bond acceptors (Lipinski definition) is 6. The zero-order chi connectivity index (χ0) is 19.0. The number of hydrazine groups is 1. The van der Waals surface area contributed by atoms with Crippen LogP contribution in [0.5, 0.6) is 0 Å². The molecule has 10 heteroatoms. The standard InChI is InChI=1S/C15H28N8O2/c1-20(9-7-5-6-8-12(19-16)23(4)17)15(25)13-14(22(3)11-24)18-10-21(13)2/h10-11H,5-9,16-17H2,1-4H3/b19-12-. The molecule has 140 valence electrons. The van der Waals surface area contributed by atoms with E-state index in [-0.39, 0.29) is 5.91 Å². The molecule has 0 aromatic carbocycles. The summed E-state index contributed by atoms with van der Waals surface area (Å²) in [6.07, 6.45) is 5.47. The summed E-state index contributed by atoms with van der Waals surface area (Å²) in [5.74, 6) is 11.7. The number of imidazole rings is 1. The summed E-state index contributed by atoms with van der Waals surface area (Å²) in [6.45, 7) is 0.599. The Labute approximate surface area is 148 Å². The zero-order valence-electron chi connectivity index (χ0n) is 15.3. The SMILES string of the molecule is CN(CCCCC/C(=N/N)N(C)N)C(=O)c1c(N(C)C=O)ncn1C. The van der Waals surface area contributed by atoms with Crippen LogP contribution in [0.15, 0.2) is 11.4 Å². The van der Waals surface area contributed by atoms with Crippen molar-refractivity contribution in [3.05, 3.63) is 12.0 Å². The van der Waals surface area contributed by atoms with Gasteiger partial charge in [-0.05, 0) is 12.8 Å². The second-order valence-corrected chi connectivity index (χ2v) is 5.94. The first-order valence-electron chi connectivity index (χ1n) is 8.03. The van der Waals surface area contributed by atoms with Gasteiger partial charge in [-0.15, -0.1) is 0 Å². The van der Waals surface area contributed by atoms with Gasteiger partial charge in [-0.3, -0.25) is 9.59 Å². The fourth-order valence-electron chi connectivity index (χ4n) is 2.40. The minimum atomic E-state index is -0.172. The van der Waals surface area contributed by atoms with E-state index in [2.05, 4.69) is 10.1 Å². The van der Waals surface area contributed by atoms with Crippen LogP contribution in [-0.2, 0) is 11.8 Å². The summed E-state index contributed by atoms with van der Waals surface area (Å²) >= 11 is 0. The van der Waals surface area contributed by atoms with Crippen molar-refractivity contribution in [3.8, 4) is 0 Å². The average Bonchev–Trinajstić information content (AvgIpc) is 2.97. The van der Waals surface area contributed by atoms with Gasteiger partial charge in [0.05, 0.1) is 6.33 Å². The smallest absolute Gasteiger partial charge is 0.274 e. The lowest BCUT2D eigenvalue weighted by atomic mass is 10.1. The first-order valence-corrected chi connectivity index (χ1v) is 8.03. The maximum absolute atomic E-state index is 12.6. The van der Waals surface area contributed by atoms with E-state index in [1.54, 1.807) is 37.7 Å². The monoisotopic (exact) mass is 352 g/mol. The highest BCUT2D eigenvalue weighted by Gasteiger charge is 2.22. The van der Waals surface area contributed by atoms with Crippen molar-refractivity contribution in [2.75, 3.05) is 32.6 Å². The third kappa shape index (κ3) is 5.45. The number of unbranched alkanes of at least 4 members (excludes halogenated alkanes) is 2. The zero-order valence-corrected chi connectivity index (χ0v) is 15.3. The van der Waals surface area contributed by atoms with Crippen molar-refractivity contribution < 1.29 is 9.59 Å². The summed E-state index contributed by atoms with van der Waals surface area (Å²) in [4.78, 5) is 30.6. The molecular weight excluding hydrogens is 324 g/mol. The Bertz CT molecular complexity index is 611. The fraction of sp³-hybridized carbons (Fsp3) is 0.600. The maximum atomic E-state index is 12.6. The van der Waals surface area contributed by atoms with Gasteiger partial charge in [-0.25, -0.2) is 10.8 Å². The van der Waals surface area contributed by atoms with Gasteiger partial charge in [-0.1, -0.05) is 6.42 Å². The van der Waals surface area contributed by atoms with Gasteiger partial charge in [-0.2, -0.15) is 5.10 Å². The van der Waals surface area contributed by atoms with E-state index in [0.717, 1.165) is 19.3 Å². The average molecular weight is 352 g/mol. The molecule has 10 nitrogen and oxygen atoms in total. The lowest BCUT2D eigenvalue weighted by Crippen LogP contribution is -2.34. The molecule has 1 aromatic rings. The van der Waals surface area contributed by atoms with Gasteiger partial charge >= 0.3 is 0 Å². The normalized spacial score (nSPS) is 11.3. The molecule has 0 atom stereocenters. The molecule has 1 rings (SSSR count). The molecule has 0 spiro atoms. The van der Waals surface area contributed by atoms with Gasteiger partial charge < -0.3 is 25.2 Å². The van der Waals surface area contributed by atoms with Gasteiger partial charge in [0.15, 0.2) is 11.5 Å². The number of hydrazone groups is 1.